The molecule has 6 nitrogen and oxygen atoms in total. The van der Waals surface area contributed by atoms with Gasteiger partial charge in [-0.1, -0.05) is 24.3 Å². The highest BCUT2D eigenvalue weighted by atomic mass is 16.5. The fourth-order valence-electron chi connectivity index (χ4n) is 4.77. The van der Waals surface area contributed by atoms with Crippen LogP contribution in [0.25, 0.3) is 0 Å². The average Bonchev–Trinajstić information content (AvgIpc) is 3.38. The molecule has 0 aliphatic carbocycles. The van der Waals surface area contributed by atoms with Crippen LogP contribution in [0.1, 0.15) is 43.7 Å². The highest BCUT2D eigenvalue weighted by Crippen LogP contribution is 2.38. The molecule has 1 spiro atoms. The first-order valence-electron chi connectivity index (χ1n) is 11.2. The molecule has 0 bridgehead atoms. The number of rotatable bonds is 5. The van der Waals surface area contributed by atoms with Crippen LogP contribution in [0.15, 0.2) is 29.3 Å². The monoisotopic (exact) mass is 400 g/mol. The van der Waals surface area contributed by atoms with Crippen LogP contribution in [0.4, 0.5) is 0 Å². The molecule has 0 saturated carbocycles. The Morgan fingerprint density at radius 3 is 2.62 bits per heavy atom. The summed E-state index contributed by atoms with van der Waals surface area (Å²) in [5, 5.41) is 13.1. The van der Waals surface area contributed by atoms with Crippen LogP contribution in [0.3, 0.4) is 0 Å². The van der Waals surface area contributed by atoms with Crippen molar-refractivity contribution < 1.29 is 9.84 Å². The molecule has 3 saturated heterocycles. The number of aliphatic hydroxyl groups excluding tert-OH is 1. The fourth-order valence-corrected chi connectivity index (χ4v) is 4.77. The van der Waals surface area contributed by atoms with Crippen molar-refractivity contribution in [3.8, 4) is 0 Å². The smallest absolute Gasteiger partial charge is 0.194 e. The van der Waals surface area contributed by atoms with Gasteiger partial charge in [-0.05, 0) is 43.7 Å². The molecule has 3 aliphatic heterocycles. The number of nitrogens with zero attached hydrogens (tertiary/aromatic N) is 3. The largest absolute Gasteiger partial charge is 0.393 e. The van der Waals surface area contributed by atoms with E-state index in [1.165, 1.54) is 24.0 Å². The van der Waals surface area contributed by atoms with Gasteiger partial charge in [0.05, 0.1) is 19.3 Å². The van der Waals surface area contributed by atoms with Crippen molar-refractivity contribution in [3.05, 3.63) is 35.4 Å². The maximum atomic E-state index is 9.66. The number of nitrogens with one attached hydrogen (secondary N) is 1. The molecule has 2 N–H and O–H groups in total. The number of benzene rings is 1. The Balaban J connectivity index is 1.32. The summed E-state index contributed by atoms with van der Waals surface area (Å²) < 4.78 is 5.67. The summed E-state index contributed by atoms with van der Waals surface area (Å²) in [6, 6.07) is 8.86. The SMILES string of the molecule is CCNC(=NCc1ccc(CN2CCC(O)CC2)cc1)N1CCC2(CCOC2)C1. The van der Waals surface area contributed by atoms with Crippen molar-refractivity contribution >= 4 is 5.96 Å². The Hall–Kier alpha value is -1.63. The molecule has 1 aromatic carbocycles. The van der Waals surface area contributed by atoms with Gasteiger partial charge in [0.15, 0.2) is 5.96 Å². The molecule has 1 aromatic rings. The van der Waals surface area contributed by atoms with E-state index in [0.717, 1.165) is 71.3 Å². The van der Waals surface area contributed by atoms with E-state index >= 15 is 0 Å². The Bertz CT molecular complexity index is 677. The Kier molecular flexibility index (Phi) is 6.73. The molecule has 6 heteroatoms. The molecule has 160 valence electrons. The van der Waals surface area contributed by atoms with Crippen molar-refractivity contribution in [1.82, 2.24) is 15.1 Å². The number of hydrogen-bond donors (Lipinski definition) is 2. The first-order valence-corrected chi connectivity index (χ1v) is 11.2. The molecule has 0 aromatic heterocycles. The zero-order valence-corrected chi connectivity index (χ0v) is 17.8. The topological polar surface area (TPSA) is 60.3 Å². The maximum absolute atomic E-state index is 9.66. The van der Waals surface area contributed by atoms with Crippen LogP contribution >= 0.6 is 0 Å². The van der Waals surface area contributed by atoms with Crippen LogP contribution in [-0.2, 0) is 17.8 Å². The maximum Gasteiger partial charge on any atom is 0.194 e. The van der Waals surface area contributed by atoms with Gasteiger partial charge < -0.3 is 20.1 Å². The number of aliphatic hydroxyl groups is 1. The molecule has 3 fully saturated rings. The quantitative estimate of drug-likeness (QED) is 0.586. The molecule has 4 rings (SSSR count). The highest BCUT2D eigenvalue weighted by molar-refractivity contribution is 5.80. The Morgan fingerprint density at radius 2 is 1.93 bits per heavy atom. The summed E-state index contributed by atoms with van der Waals surface area (Å²) in [5.74, 6) is 1.03. The van der Waals surface area contributed by atoms with Crippen molar-refractivity contribution in [2.24, 2.45) is 10.4 Å². The standard InChI is InChI=1S/C23H36N4O2/c1-2-24-22(27-13-9-23(17-27)10-14-29-18-23)25-15-19-3-5-20(6-4-19)16-26-11-7-21(28)8-12-26/h3-6,21,28H,2,7-18H2,1H3,(H,24,25). The average molecular weight is 401 g/mol. The third-order valence-electron chi connectivity index (χ3n) is 6.66. The van der Waals surface area contributed by atoms with Gasteiger partial charge >= 0.3 is 0 Å². The zero-order valence-electron chi connectivity index (χ0n) is 17.8. The van der Waals surface area contributed by atoms with Gasteiger partial charge in [-0.3, -0.25) is 4.90 Å². The van der Waals surface area contributed by atoms with Crippen LogP contribution in [-0.4, -0.2) is 72.9 Å². The number of likely N-dealkylation sites (tertiary alicyclic amines) is 2. The van der Waals surface area contributed by atoms with E-state index < -0.39 is 0 Å². The lowest BCUT2D eigenvalue weighted by molar-refractivity contribution is 0.0792. The first-order chi connectivity index (χ1) is 14.2. The van der Waals surface area contributed by atoms with Crippen LogP contribution in [0.5, 0.6) is 0 Å². The Morgan fingerprint density at radius 1 is 1.17 bits per heavy atom. The molecule has 3 heterocycles. The second-order valence-electron chi connectivity index (χ2n) is 8.97. The molecular formula is C23H36N4O2. The van der Waals surface area contributed by atoms with Crippen LogP contribution < -0.4 is 5.32 Å². The number of aliphatic imine (C=N–C) groups is 1. The number of piperidine rings is 1. The van der Waals surface area contributed by atoms with Gasteiger partial charge in [0.1, 0.15) is 0 Å². The van der Waals surface area contributed by atoms with E-state index in [2.05, 4.69) is 46.3 Å². The number of ether oxygens (including phenoxy) is 1. The van der Waals surface area contributed by atoms with Gasteiger partial charge in [-0.2, -0.15) is 0 Å². The minimum atomic E-state index is -0.107. The van der Waals surface area contributed by atoms with Crippen LogP contribution in [0.2, 0.25) is 0 Å². The zero-order chi connectivity index (χ0) is 20.1. The predicted octanol–water partition coefficient (Wildman–Crippen LogP) is 2.22. The summed E-state index contributed by atoms with van der Waals surface area (Å²) in [4.78, 5) is 9.77. The Labute approximate surface area is 174 Å². The van der Waals surface area contributed by atoms with Gasteiger partial charge in [0.25, 0.3) is 0 Å². The predicted molar refractivity (Wildman–Crippen MR) is 116 cm³/mol. The van der Waals surface area contributed by atoms with E-state index in [-0.39, 0.29) is 6.10 Å². The van der Waals surface area contributed by atoms with Crippen molar-refractivity contribution in [2.75, 3.05) is 45.9 Å². The normalized spacial score (nSPS) is 26.6. The molecule has 0 radical (unpaired) electrons. The van der Waals surface area contributed by atoms with Gasteiger partial charge in [0, 0.05) is 51.3 Å². The van der Waals surface area contributed by atoms with E-state index in [9.17, 15) is 5.11 Å². The second-order valence-corrected chi connectivity index (χ2v) is 8.97. The van der Waals surface area contributed by atoms with E-state index in [1.807, 2.05) is 0 Å². The molecule has 29 heavy (non-hydrogen) atoms. The van der Waals surface area contributed by atoms with Crippen LogP contribution in [0, 0.1) is 5.41 Å². The van der Waals surface area contributed by atoms with Crippen molar-refractivity contribution in [3.63, 3.8) is 0 Å². The van der Waals surface area contributed by atoms with Gasteiger partial charge in [0.2, 0.25) is 0 Å². The van der Waals surface area contributed by atoms with E-state index in [0.29, 0.717) is 12.0 Å². The molecular weight excluding hydrogens is 364 g/mol. The third kappa shape index (κ3) is 5.30. The minimum Gasteiger partial charge on any atom is -0.393 e. The summed E-state index contributed by atoms with van der Waals surface area (Å²) in [6.07, 6.45) is 4.07. The third-order valence-corrected chi connectivity index (χ3v) is 6.66. The van der Waals surface area contributed by atoms with Gasteiger partial charge in [-0.15, -0.1) is 0 Å². The lowest BCUT2D eigenvalue weighted by atomic mass is 9.87. The summed E-state index contributed by atoms with van der Waals surface area (Å²) >= 11 is 0. The molecule has 1 atom stereocenters. The molecule has 0 amide bonds. The van der Waals surface area contributed by atoms with Crippen molar-refractivity contribution in [2.45, 2.75) is 51.8 Å². The minimum absolute atomic E-state index is 0.107. The molecule has 1 unspecified atom stereocenters. The fraction of sp³-hybridized carbons (Fsp3) is 0.696. The lowest BCUT2D eigenvalue weighted by Gasteiger charge is -2.29. The summed E-state index contributed by atoms with van der Waals surface area (Å²) in [7, 11) is 0. The van der Waals surface area contributed by atoms with Crippen molar-refractivity contribution in [1.29, 1.82) is 0 Å². The number of guanidine groups is 1. The van der Waals surface area contributed by atoms with E-state index in [4.69, 9.17) is 9.73 Å². The summed E-state index contributed by atoms with van der Waals surface area (Å²) in [5.41, 5.74) is 2.93. The van der Waals surface area contributed by atoms with E-state index in [1.54, 1.807) is 0 Å². The number of hydrogen-bond acceptors (Lipinski definition) is 4. The highest BCUT2D eigenvalue weighted by Gasteiger charge is 2.42. The summed E-state index contributed by atoms with van der Waals surface area (Å²) in [6.45, 7) is 10.6. The first kappa shape index (κ1) is 20.6. The lowest BCUT2D eigenvalue weighted by Crippen LogP contribution is -2.41. The van der Waals surface area contributed by atoms with Gasteiger partial charge in [-0.25, -0.2) is 4.99 Å². The second kappa shape index (κ2) is 9.45. The molecule has 3 aliphatic rings.